The standard InChI is InChI=1S/C19H17NO2S/c1-22-16-11-9-15(10-12-16)19(21)20-18(17-8-5-13-23-17)14-6-3-2-4-7-14/h2-13,18H,1H3,(H,20,21). The third-order valence-electron chi connectivity index (χ3n) is 3.59. The van der Waals surface area contributed by atoms with Crippen molar-refractivity contribution in [3.8, 4) is 5.75 Å². The highest BCUT2D eigenvalue weighted by Gasteiger charge is 2.18. The van der Waals surface area contributed by atoms with Gasteiger partial charge in [0.2, 0.25) is 0 Å². The van der Waals surface area contributed by atoms with Crippen molar-refractivity contribution < 1.29 is 9.53 Å². The van der Waals surface area contributed by atoms with Crippen molar-refractivity contribution in [2.24, 2.45) is 0 Å². The molecule has 0 aliphatic carbocycles. The average Bonchev–Trinajstić information content (AvgIpc) is 3.14. The fraction of sp³-hybridized carbons (Fsp3) is 0.105. The number of nitrogens with one attached hydrogen (secondary N) is 1. The second-order valence-electron chi connectivity index (χ2n) is 5.06. The van der Waals surface area contributed by atoms with Gasteiger partial charge in [0.15, 0.2) is 0 Å². The summed E-state index contributed by atoms with van der Waals surface area (Å²) in [7, 11) is 1.61. The van der Waals surface area contributed by atoms with Gasteiger partial charge in [0, 0.05) is 10.4 Å². The Morgan fingerprint density at radius 1 is 1.00 bits per heavy atom. The van der Waals surface area contributed by atoms with Crippen molar-refractivity contribution >= 4 is 17.2 Å². The second-order valence-corrected chi connectivity index (χ2v) is 6.04. The Hall–Kier alpha value is -2.59. The van der Waals surface area contributed by atoms with Crippen molar-refractivity contribution in [1.82, 2.24) is 5.32 Å². The van der Waals surface area contributed by atoms with E-state index in [2.05, 4.69) is 5.32 Å². The van der Waals surface area contributed by atoms with E-state index < -0.39 is 0 Å². The molecule has 3 aromatic rings. The van der Waals surface area contributed by atoms with Gasteiger partial charge in [-0.25, -0.2) is 0 Å². The summed E-state index contributed by atoms with van der Waals surface area (Å²) in [5.41, 5.74) is 1.68. The van der Waals surface area contributed by atoms with Gasteiger partial charge < -0.3 is 10.1 Å². The molecule has 23 heavy (non-hydrogen) atoms. The number of carbonyl (C=O) groups is 1. The van der Waals surface area contributed by atoms with E-state index in [1.54, 1.807) is 42.7 Å². The number of thiophene rings is 1. The van der Waals surface area contributed by atoms with Gasteiger partial charge in [0.1, 0.15) is 5.75 Å². The van der Waals surface area contributed by atoms with Crippen LogP contribution >= 0.6 is 11.3 Å². The minimum atomic E-state index is -0.147. The van der Waals surface area contributed by atoms with Gasteiger partial charge in [-0.2, -0.15) is 0 Å². The van der Waals surface area contributed by atoms with Gasteiger partial charge >= 0.3 is 0 Å². The van der Waals surface area contributed by atoms with Gasteiger partial charge in [0.25, 0.3) is 5.91 Å². The molecule has 2 aromatic carbocycles. The molecule has 1 heterocycles. The minimum Gasteiger partial charge on any atom is -0.497 e. The fourth-order valence-electron chi connectivity index (χ4n) is 2.38. The minimum absolute atomic E-state index is 0.102. The van der Waals surface area contributed by atoms with Crippen LogP contribution in [-0.2, 0) is 0 Å². The molecule has 3 rings (SSSR count). The van der Waals surface area contributed by atoms with Crippen LogP contribution in [0.25, 0.3) is 0 Å². The normalized spacial score (nSPS) is 11.7. The lowest BCUT2D eigenvalue weighted by Crippen LogP contribution is -2.28. The van der Waals surface area contributed by atoms with Crippen LogP contribution in [0.15, 0.2) is 72.1 Å². The van der Waals surface area contributed by atoms with E-state index in [1.807, 2.05) is 47.8 Å². The SMILES string of the molecule is COc1ccc(C(=O)NC(c2ccccc2)c2cccs2)cc1. The maximum absolute atomic E-state index is 12.6. The zero-order valence-corrected chi connectivity index (χ0v) is 13.5. The summed E-state index contributed by atoms with van der Waals surface area (Å²) in [6.45, 7) is 0. The summed E-state index contributed by atoms with van der Waals surface area (Å²) in [6.07, 6.45) is 0. The van der Waals surface area contributed by atoms with Crippen molar-refractivity contribution in [2.45, 2.75) is 6.04 Å². The van der Waals surface area contributed by atoms with Crippen LogP contribution in [0, 0.1) is 0 Å². The molecule has 116 valence electrons. The van der Waals surface area contributed by atoms with Gasteiger partial charge in [-0.1, -0.05) is 36.4 Å². The maximum atomic E-state index is 12.6. The van der Waals surface area contributed by atoms with Crippen molar-refractivity contribution in [3.63, 3.8) is 0 Å². The van der Waals surface area contributed by atoms with E-state index >= 15 is 0 Å². The number of hydrogen-bond acceptors (Lipinski definition) is 3. The van der Waals surface area contributed by atoms with Crippen molar-refractivity contribution in [1.29, 1.82) is 0 Å². The van der Waals surface area contributed by atoms with Gasteiger partial charge in [0.05, 0.1) is 13.2 Å². The monoisotopic (exact) mass is 323 g/mol. The average molecular weight is 323 g/mol. The van der Waals surface area contributed by atoms with E-state index in [0.29, 0.717) is 5.56 Å². The molecule has 0 spiro atoms. The Morgan fingerprint density at radius 2 is 1.74 bits per heavy atom. The van der Waals surface area contributed by atoms with E-state index in [9.17, 15) is 4.79 Å². The van der Waals surface area contributed by atoms with Crippen LogP contribution in [0.2, 0.25) is 0 Å². The predicted molar refractivity (Wildman–Crippen MR) is 93.1 cm³/mol. The molecule has 0 bridgehead atoms. The van der Waals surface area contributed by atoms with Crippen LogP contribution in [-0.4, -0.2) is 13.0 Å². The van der Waals surface area contributed by atoms with Gasteiger partial charge in [-0.3, -0.25) is 4.79 Å². The fourth-order valence-corrected chi connectivity index (χ4v) is 3.18. The Labute approximate surface area is 139 Å². The summed E-state index contributed by atoms with van der Waals surface area (Å²) in [5.74, 6) is 0.634. The number of rotatable bonds is 5. The second kappa shape index (κ2) is 7.11. The number of amides is 1. The van der Waals surface area contributed by atoms with Crippen LogP contribution < -0.4 is 10.1 Å². The molecule has 0 saturated carbocycles. The first-order valence-corrected chi connectivity index (χ1v) is 8.19. The number of ether oxygens (including phenoxy) is 1. The highest BCUT2D eigenvalue weighted by atomic mass is 32.1. The number of carbonyl (C=O) groups excluding carboxylic acids is 1. The molecule has 0 aliphatic rings. The lowest BCUT2D eigenvalue weighted by Gasteiger charge is -2.18. The summed E-state index contributed by atoms with van der Waals surface area (Å²) < 4.78 is 5.13. The van der Waals surface area contributed by atoms with E-state index in [-0.39, 0.29) is 11.9 Å². The van der Waals surface area contributed by atoms with Crippen LogP contribution in [0.4, 0.5) is 0 Å². The molecule has 0 saturated heterocycles. The largest absolute Gasteiger partial charge is 0.497 e. The zero-order valence-electron chi connectivity index (χ0n) is 12.7. The smallest absolute Gasteiger partial charge is 0.252 e. The quantitative estimate of drug-likeness (QED) is 0.761. The van der Waals surface area contributed by atoms with Gasteiger partial charge in [-0.15, -0.1) is 11.3 Å². The van der Waals surface area contributed by atoms with E-state index in [4.69, 9.17) is 4.74 Å². The van der Waals surface area contributed by atoms with Gasteiger partial charge in [-0.05, 0) is 41.3 Å². The Balaban J connectivity index is 1.85. The third-order valence-corrected chi connectivity index (χ3v) is 4.53. The molecule has 0 fully saturated rings. The molecule has 3 nitrogen and oxygen atoms in total. The summed E-state index contributed by atoms with van der Waals surface area (Å²) in [6, 6.07) is 21.0. The lowest BCUT2D eigenvalue weighted by atomic mass is 10.0. The van der Waals surface area contributed by atoms with Crippen molar-refractivity contribution in [2.75, 3.05) is 7.11 Å². The van der Waals surface area contributed by atoms with E-state index in [1.165, 1.54) is 0 Å². The number of hydrogen-bond donors (Lipinski definition) is 1. The molecule has 1 amide bonds. The first-order valence-electron chi connectivity index (χ1n) is 7.31. The maximum Gasteiger partial charge on any atom is 0.252 e. The Bertz CT molecular complexity index is 752. The molecule has 1 atom stereocenters. The molecule has 4 heteroatoms. The molecule has 1 unspecified atom stereocenters. The molecule has 0 aliphatic heterocycles. The lowest BCUT2D eigenvalue weighted by molar-refractivity contribution is 0.0943. The highest BCUT2D eigenvalue weighted by Crippen LogP contribution is 2.26. The summed E-state index contributed by atoms with van der Waals surface area (Å²) in [4.78, 5) is 13.7. The zero-order chi connectivity index (χ0) is 16.1. The predicted octanol–water partition coefficient (Wildman–Crippen LogP) is 4.28. The molecular weight excluding hydrogens is 306 g/mol. The topological polar surface area (TPSA) is 38.3 Å². The molecular formula is C19H17NO2S. The number of benzene rings is 2. The van der Waals surface area contributed by atoms with Crippen LogP contribution in [0.3, 0.4) is 0 Å². The molecule has 1 N–H and O–H groups in total. The first-order chi connectivity index (χ1) is 11.3. The molecule has 1 aromatic heterocycles. The highest BCUT2D eigenvalue weighted by molar-refractivity contribution is 7.10. The Morgan fingerprint density at radius 3 is 2.35 bits per heavy atom. The van der Waals surface area contributed by atoms with E-state index in [0.717, 1.165) is 16.2 Å². The molecule has 0 radical (unpaired) electrons. The summed E-state index contributed by atoms with van der Waals surface area (Å²) in [5, 5.41) is 5.14. The van der Waals surface area contributed by atoms with Crippen molar-refractivity contribution in [3.05, 3.63) is 88.1 Å². The summed E-state index contributed by atoms with van der Waals surface area (Å²) >= 11 is 1.63. The Kier molecular flexibility index (Phi) is 4.74. The number of methoxy groups -OCH3 is 1. The van der Waals surface area contributed by atoms with Crippen LogP contribution in [0.1, 0.15) is 26.8 Å². The third kappa shape index (κ3) is 3.60. The first kappa shape index (κ1) is 15.3. The van der Waals surface area contributed by atoms with Crippen LogP contribution in [0.5, 0.6) is 5.75 Å².